The van der Waals surface area contributed by atoms with Gasteiger partial charge in [-0.3, -0.25) is 9.17 Å². The number of halogens is 2. The van der Waals surface area contributed by atoms with Crippen molar-refractivity contribution in [3.05, 3.63) is 33.6 Å². The minimum atomic E-state index is -0.0401. The molecule has 1 heterocycles. The summed E-state index contributed by atoms with van der Waals surface area (Å²) in [6.45, 7) is 0. The molecule has 0 saturated heterocycles. The Kier molecular flexibility index (Phi) is 6.13. The van der Waals surface area contributed by atoms with Crippen LogP contribution in [0.4, 0.5) is 0 Å². The molecule has 2 rings (SSSR count). The van der Waals surface area contributed by atoms with Crippen molar-refractivity contribution in [2.75, 3.05) is 0 Å². The van der Waals surface area contributed by atoms with Gasteiger partial charge in [0, 0.05) is 5.02 Å². The number of hydrogen-bond donors (Lipinski definition) is 1. The van der Waals surface area contributed by atoms with Crippen molar-refractivity contribution < 1.29 is 31.0 Å². The fourth-order valence-electron chi connectivity index (χ4n) is 0.925. The average Bonchev–Trinajstić information content (AvgIpc) is 2.32. The summed E-state index contributed by atoms with van der Waals surface area (Å²) < 4.78 is 3.54. The molecule has 0 aliphatic rings. The normalized spacial score (nSPS) is 9.00. The van der Waals surface area contributed by atoms with Crippen molar-refractivity contribution >= 4 is 57.2 Å². The van der Waals surface area contributed by atoms with Gasteiger partial charge in [-0.1, -0.05) is 23.1 Å². The summed E-state index contributed by atoms with van der Waals surface area (Å²) in [4.78, 5) is 11.0. The quantitative estimate of drug-likeness (QED) is 0.532. The molecule has 0 radical (unpaired) electrons. The largest absolute Gasteiger partial charge is 1.00 e. The number of fused-ring (bicyclic) bond motifs is 1. The molecule has 13 heavy (non-hydrogen) atoms. The molecular formula is C7H6ClINNaOS. The number of hydrogen-bond acceptors (Lipinski definition) is 2. The van der Waals surface area contributed by atoms with E-state index >= 15 is 0 Å². The van der Waals surface area contributed by atoms with Crippen LogP contribution in [0.25, 0.3) is 10.1 Å². The van der Waals surface area contributed by atoms with E-state index in [1.807, 2.05) is 0 Å². The Labute approximate surface area is 125 Å². The van der Waals surface area contributed by atoms with Crippen LogP contribution in [0.15, 0.2) is 23.0 Å². The number of aromatic amines is 1. The predicted molar refractivity (Wildman–Crippen MR) is 64.0 cm³/mol. The summed E-state index contributed by atoms with van der Waals surface area (Å²) in [7, 11) is 0. The van der Waals surface area contributed by atoms with Crippen molar-refractivity contribution in [1.82, 2.24) is 4.37 Å². The van der Waals surface area contributed by atoms with Gasteiger partial charge in [-0.15, -0.1) is 24.0 Å². The molecule has 1 aromatic heterocycles. The molecule has 0 aliphatic carbocycles. The maximum absolute atomic E-state index is 11.0. The van der Waals surface area contributed by atoms with E-state index in [2.05, 4.69) is 4.37 Å². The third-order valence-corrected chi connectivity index (χ3v) is 2.52. The van der Waals surface area contributed by atoms with Gasteiger partial charge >= 0.3 is 29.6 Å². The van der Waals surface area contributed by atoms with Crippen molar-refractivity contribution in [2.24, 2.45) is 0 Å². The van der Waals surface area contributed by atoms with Crippen molar-refractivity contribution in [3.8, 4) is 0 Å². The van der Waals surface area contributed by atoms with Gasteiger partial charge in [0.25, 0.3) is 5.56 Å². The van der Waals surface area contributed by atoms with Gasteiger partial charge in [0.2, 0.25) is 0 Å². The van der Waals surface area contributed by atoms with Gasteiger partial charge in [0.15, 0.2) is 0 Å². The van der Waals surface area contributed by atoms with Gasteiger partial charge in [-0.05, 0) is 18.2 Å². The molecule has 0 unspecified atom stereocenters. The molecule has 6 heteroatoms. The van der Waals surface area contributed by atoms with Crippen LogP contribution in [0.3, 0.4) is 0 Å². The standard InChI is InChI=1S/C7H4ClNOS.HI.Na.H/c8-4-1-2-5-6(3-4)11-9-7(5)10;;;/h1-3H,(H,9,10);1H;;/q;;+1;-1. The summed E-state index contributed by atoms with van der Waals surface area (Å²) in [5.41, 5.74) is -0.0401. The first-order chi connectivity index (χ1) is 5.27. The predicted octanol–water partition coefficient (Wildman–Crippen LogP) is -0.0225. The summed E-state index contributed by atoms with van der Waals surface area (Å²) >= 11 is 7.02. The maximum Gasteiger partial charge on any atom is 1.00 e. The summed E-state index contributed by atoms with van der Waals surface area (Å²) in [6.07, 6.45) is 0. The molecule has 2 aromatic rings. The van der Waals surface area contributed by atoms with Crippen LogP contribution in [0.2, 0.25) is 5.02 Å². The molecule has 0 aliphatic heterocycles. The second-order valence-electron chi connectivity index (χ2n) is 2.17. The Hall–Kier alpha value is 0.930. The fourth-order valence-corrected chi connectivity index (χ4v) is 1.93. The van der Waals surface area contributed by atoms with E-state index in [1.165, 1.54) is 11.5 Å². The second-order valence-corrected chi connectivity index (χ2v) is 3.46. The van der Waals surface area contributed by atoms with Crippen LogP contribution in [0, 0.1) is 0 Å². The SMILES string of the molecule is I.O=c1[nH]sc2cc(Cl)ccc12.[H-].[Na+]. The fraction of sp³-hybridized carbons (Fsp3) is 0. The summed E-state index contributed by atoms with van der Waals surface area (Å²) in [5, 5.41) is 1.37. The third-order valence-electron chi connectivity index (χ3n) is 1.44. The Morgan fingerprint density at radius 2 is 2.15 bits per heavy atom. The Balaban J connectivity index is 0. The molecule has 2 nitrogen and oxygen atoms in total. The van der Waals surface area contributed by atoms with E-state index in [9.17, 15) is 4.79 Å². The van der Waals surface area contributed by atoms with Crippen molar-refractivity contribution in [2.45, 2.75) is 0 Å². The van der Waals surface area contributed by atoms with Crippen LogP contribution < -0.4 is 35.1 Å². The molecule has 0 spiro atoms. The third kappa shape index (κ3) is 2.94. The van der Waals surface area contributed by atoms with Crippen molar-refractivity contribution in [3.63, 3.8) is 0 Å². The molecule has 66 valence electrons. The summed E-state index contributed by atoms with van der Waals surface area (Å²) in [6, 6.07) is 5.22. The zero-order valence-electron chi connectivity index (χ0n) is 7.83. The van der Waals surface area contributed by atoms with Crippen molar-refractivity contribution in [1.29, 1.82) is 0 Å². The zero-order valence-corrected chi connectivity index (χ0v) is 12.7. The second kappa shape index (κ2) is 5.72. The Morgan fingerprint density at radius 1 is 1.46 bits per heavy atom. The van der Waals surface area contributed by atoms with Gasteiger partial charge in [0.1, 0.15) is 0 Å². The first-order valence-corrected chi connectivity index (χ1v) is 4.23. The van der Waals surface area contributed by atoms with E-state index < -0.39 is 0 Å². The molecule has 0 bridgehead atoms. The van der Waals surface area contributed by atoms with Gasteiger partial charge in [-0.25, -0.2) is 0 Å². The smallest absolute Gasteiger partial charge is 1.00 e. The molecular weight excluding hydrogens is 331 g/mol. The molecule has 1 N–H and O–H groups in total. The minimum absolute atomic E-state index is 0. The number of benzene rings is 1. The Bertz CT molecular complexity index is 460. The molecule has 0 amide bonds. The maximum atomic E-state index is 11.0. The van der Waals surface area contributed by atoms with Crippen LogP contribution in [-0.4, -0.2) is 4.37 Å². The molecule has 0 fully saturated rings. The van der Waals surface area contributed by atoms with E-state index in [4.69, 9.17) is 11.6 Å². The van der Waals surface area contributed by atoms with Gasteiger partial charge < -0.3 is 1.43 Å². The topological polar surface area (TPSA) is 32.9 Å². The van der Waals surface area contributed by atoms with E-state index in [-0.39, 0.29) is 60.5 Å². The number of H-pyrrole nitrogens is 1. The average molecular weight is 338 g/mol. The molecule has 0 saturated carbocycles. The minimum Gasteiger partial charge on any atom is -1.00 e. The molecule has 0 atom stereocenters. The summed E-state index contributed by atoms with van der Waals surface area (Å²) in [5.74, 6) is 0. The van der Waals surface area contributed by atoms with Crippen LogP contribution in [0.5, 0.6) is 0 Å². The number of aromatic nitrogens is 1. The van der Waals surface area contributed by atoms with Crippen LogP contribution in [0.1, 0.15) is 1.43 Å². The van der Waals surface area contributed by atoms with E-state index in [0.717, 1.165) is 4.70 Å². The number of rotatable bonds is 0. The molecule has 1 aromatic carbocycles. The first kappa shape index (κ1) is 13.9. The van der Waals surface area contributed by atoms with Gasteiger partial charge in [-0.2, -0.15) is 0 Å². The van der Waals surface area contributed by atoms with Crippen LogP contribution >= 0.6 is 47.1 Å². The first-order valence-electron chi connectivity index (χ1n) is 3.04. The monoisotopic (exact) mass is 337 g/mol. The van der Waals surface area contributed by atoms with E-state index in [1.54, 1.807) is 18.2 Å². The number of nitrogens with one attached hydrogen (secondary N) is 1. The van der Waals surface area contributed by atoms with E-state index in [0.29, 0.717) is 10.4 Å². The van der Waals surface area contributed by atoms with Crippen LogP contribution in [-0.2, 0) is 0 Å². The Morgan fingerprint density at radius 3 is 2.85 bits per heavy atom. The van der Waals surface area contributed by atoms with Gasteiger partial charge in [0.05, 0.1) is 10.1 Å². The zero-order chi connectivity index (χ0) is 7.84.